The summed E-state index contributed by atoms with van der Waals surface area (Å²) in [6.45, 7) is 0. The number of phenolic OH excluding ortho intramolecular Hbond substituents is 2. The van der Waals surface area contributed by atoms with Gasteiger partial charge in [0.25, 0.3) is 0 Å². The van der Waals surface area contributed by atoms with E-state index in [0.29, 0.717) is 17.4 Å². The van der Waals surface area contributed by atoms with Crippen molar-refractivity contribution in [2.75, 3.05) is 0 Å². The van der Waals surface area contributed by atoms with Crippen LogP contribution in [0.1, 0.15) is 31.2 Å². The number of hydrogen-bond donors (Lipinski definition) is 3. The third kappa shape index (κ3) is 2.35. The van der Waals surface area contributed by atoms with Crippen LogP contribution in [0.25, 0.3) is 0 Å². The minimum atomic E-state index is -0.231. The lowest BCUT2D eigenvalue weighted by molar-refractivity contribution is -0.122. The molecule has 0 aliphatic heterocycles. The summed E-state index contributed by atoms with van der Waals surface area (Å²) >= 11 is 0. The maximum absolute atomic E-state index is 12.0. The van der Waals surface area contributed by atoms with Crippen molar-refractivity contribution in [3.63, 3.8) is 0 Å². The number of nitrogens with zero attached hydrogens (tertiary/aromatic N) is 1. The molecule has 5 nitrogen and oxygen atoms in total. The van der Waals surface area contributed by atoms with E-state index in [2.05, 4.69) is 10.5 Å². The van der Waals surface area contributed by atoms with Crippen LogP contribution >= 0.6 is 0 Å². The molecular formula is C15H18N2O3. The van der Waals surface area contributed by atoms with Crippen molar-refractivity contribution in [1.29, 1.82) is 0 Å². The van der Waals surface area contributed by atoms with Crippen LogP contribution in [0, 0.1) is 17.8 Å². The molecule has 2 atom stereocenters. The minimum Gasteiger partial charge on any atom is -0.504 e. The average molecular weight is 274 g/mol. The summed E-state index contributed by atoms with van der Waals surface area (Å²) in [5, 5.41) is 22.8. The van der Waals surface area contributed by atoms with Gasteiger partial charge >= 0.3 is 0 Å². The SMILES string of the molecule is O=C(N/N=C\c1cccc(O)c1O)C1C2CCCCC21. The molecule has 3 rings (SSSR count). The summed E-state index contributed by atoms with van der Waals surface area (Å²) in [7, 11) is 0. The highest BCUT2D eigenvalue weighted by Crippen LogP contribution is 2.55. The Labute approximate surface area is 117 Å². The van der Waals surface area contributed by atoms with E-state index in [9.17, 15) is 15.0 Å². The number of phenols is 2. The van der Waals surface area contributed by atoms with E-state index < -0.39 is 0 Å². The smallest absolute Gasteiger partial charge is 0.243 e. The maximum atomic E-state index is 12.0. The number of amides is 1. The number of nitrogens with one attached hydrogen (secondary N) is 1. The highest BCUT2D eigenvalue weighted by atomic mass is 16.3. The number of hydrogen-bond acceptors (Lipinski definition) is 4. The topological polar surface area (TPSA) is 81.9 Å². The second kappa shape index (κ2) is 5.15. The molecule has 1 aromatic carbocycles. The van der Waals surface area contributed by atoms with Crippen molar-refractivity contribution in [3.05, 3.63) is 23.8 Å². The first kappa shape index (κ1) is 13.0. The molecule has 3 N–H and O–H groups in total. The fourth-order valence-corrected chi connectivity index (χ4v) is 3.27. The normalized spacial score (nSPS) is 28.1. The van der Waals surface area contributed by atoms with Crippen LogP contribution in [0.5, 0.6) is 11.5 Å². The van der Waals surface area contributed by atoms with Gasteiger partial charge < -0.3 is 10.2 Å². The molecule has 5 heteroatoms. The van der Waals surface area contributed by atoms with Gasteiger partial charge in [0.1, 0.15) is 0 Å². The van der Waals surface area contributed by atoms with E-state index in [1.165, 1.54) is 25.1 Å². The lowest BCUT2D eigenvalue weighted by atomic mass is 10.0. The van der Waals surface area contributed by atoms with Crippen molar-refractivity contribution in [2.24, 2.45) is 22.9 Å². The number of benzene rings is 1. The predicted molar refractivity (Wildman–Crippen MR) is 74.4 cm³/mol. The molecule has 2 fully saturated rings. The highest BCUT2D eigenvalue weighted by molar-refractivity contribution is 5.87. The van der Waals surface area contributed by atoms with Crippen LogP contribution in [0.2, 0.25) is 0 Å². The molecule has 0 bridgehead atoms. The van der Waals surface area contributed by atoms with Crippen LogP contribution in [-0.4, -0.2) is 22.3 Å². The summed E-state index contributed by atoms with van der Waals surface area (Å²) in [4.78, 5) is 12.0. The Bertz CT molecular complexity index is 544. The van der Waals surface area contributed by atoms with E-state index in [1.54, 1.807) is 12.1 Å². The monoisotopic (exact) mass is 274 g/mol. The molecule has 0 aromatic heterocycles. The van der Waals surface area contributed by atoms with Crippen molar-refractivity contribution in [2.45, 2.75) is 25.7 Å². The Morgan fingerprint density at radius 3 is 2.65 bits per heavy atom. The minimum absolute atomic E-state index is 0.0298. The van der Waals surface area contributed by atoms with Crippen molar-refractivity contribution in [3.8, 4) is 11.5 Å². The van der Waals surface area contributed by atoms with E-state index in [4.69, 9.17) is 0 Å². The number of aromatic hydroxyl groups is 2. The van der Waals surface area contributed by atoms with Gasteiger partial charge in [0, 0.05) is 11.5 Å². The zero-order valence-corrected chi connectivity index (χ0v) is 11.1. The van der Waals surface area contributed by atoms with Gasteiger partial charge in [0.2, 0.25) is 5.91 Å². The van der Waals surface area contributed by atoms with Crippen molar-refractivity contribution >= 4 is 12.1 Å². The standard InChI is InChI=1S/C15H18N2O3/c18-12-7-3-4-9(14(12)19)8-16-17-15(20)13-10-5-1-2-6-11(10)13/h3-4,7-8,10-11,13,18-19H,1-2,5-6H2,(H,17,20)/b16-8-. The Balaban J connectivity index is 1.58. The average Bonchev–Trinajstić information content (AvgIpc) is 3.18. The number of carbonyl (C=O) groups excluding carboxylic acids is 1. The first-order valence-corrected chi connectivity index (χ1v) is 7.02. The molecule has 0 spiro atoms. The number of fused-ring (bicyclic) bond motifs is 1. The maximum Gasteiger partial charge on any atom is 0.243 e. The van der Waals surface area contributed by atoms with Gasteiger partial charge in [0.15, 0.2) is 11.5 Å². The first-order chi connectivity index (χ1) is 9.68. The van der Waals surface area contributed by atoms with Gasteiger partial charge in [-0.1, -0.05) is 18.9 Å². The Kier molecular flexibility index (Phi) is 3.34. The summed E-state index contributed by atoms with van der Waals surface area (Å²) in [5.74, 6) is 0.755. The number of para-hydroxylation sites is 1. The molecule has 1 aromatic rings. The van der Waals surface area contributed by atoms with Crippen LogP contribution in [0.3, 0.4) is 0 Å². The molecule has 0 saturated heterocycles. The summed E-state index contributed by atoms with van der Waals surface area (Å²) < 4.78 is 0. The lowest BCUT2D eigenvalue weighted by Gasteiger charge is -2.04. The van der Waals surface area contributed by atoms with Crippen LogP contribution in [0.4, 0.5) is 0 Å². The Morgan fingerprint density at radius 1 is 1.25 bits per heavy atom. The fourth-order valence-electron chi connectivity index (χ4n) is 3.27. The van der Waals surface area contributed by atoms with Crippen LogP contribution < -0.4 is 5.43 Å². The molecule has 0 heterocycles. The van der Waals surface area contributed by atoms with Crippen molar-refractivity contribution in [1.82, 2.24) is 5.43 Å². The summed E-state index contributed by atoms with van der Waals surface area (Å²) in [6, 6.07) is 4.61. The molecular weight excluding hydrogens is 256 g/mol. The molecule has 2 aliphatic carbocycles. The van der Waals surface area contributed by atoms with Gasteiger partial charge in [-0.15, -0.1) is 0 Å². The Morgan fingerprint density at radius 2 is 1.95 bits per heavy atom. The molecule has 2 unspecified atom stereocenters. The molecule has 106 valence electrons. The molecule has 20 heavy (non-hydrogen) atoms. The second-order valence-corrected chi connectivity index (χ2v) is 5.59. The van der Waals surface area contributed by atoms with Gasteiger partial charge in [-0.25, -0.2) is 5.43 Å². The predicted octanol–water partition coefficient (Wildman–Crippen LogP) is 1.98. The zero-order chi connectivity index (χ0) is 14.1. The first-order valence-electron chi connectivity index (χ1n) is 7.02. The number of rotatable bonds is 3. The van der Waals surface area contributed by atoms with E-state index in [0.717, 1.165) is 12.8 Å². The van der Waals surface area contributed by atoms with E-state index >= 15 is 0 Å². The molecule has 1 amide bonds. The molecule has 2 aliphatic rings. The number of carbonyl (C=O) groups is 1. The Hall–Kier alpha value is -2.04. The fraction of sp³-hybridized carbons (Fsp3) is 0.467. The summed E-state index contributed by atoms with van der Waals surface area (Å²) in [5.41, 5.74) is 2.91. The van der Waals surface area contributed by atoms with E-state index in [1.807, 2.05) is 0 Å². The van der Waals surface area contributed by atoms with Crippen LogP contribution in [-0.2, 0) is 4.79 Å². The zero-order valence-electron chi connectivity index (χ0n) is 11.1. The third-order valence-electron chi connectivity index (χ3n) is 4.38. The van der Waals surface area contributed by atoms with Crippen molar-refractivity contribution < 1.29 is 15.0 Å². The highest BCUT2D eigenvalue weighted by Gasteiger charge is 2.54. The van der Waals surface area contributed by atoms with Gasteiger partial charge in [-0.2, -0.15) is 5.10 Å². The largest absolute Gasteiger partial charge is 0.504 e. The van der Waals surface area contributed by atoms with Gasteiger partial charge in [0.05, 0.1) is 6.21 Å². The molecule has 2 saturated carbocycles. The van der Waals surface area contributed by atoms with Gasteiger partial charge in [-0.05, 0) is 36.8 Å². The van der Waals surface area contributed by atoms with Crippen LogP contribution in [0.15, 0.2) is 23.3 Å². The second-order valence-electron chi connectivity index (χ2n) is 5.59. The lowest BCUT2D eigenvalue weighted by Crippen LogP contribution is -2.20. The van der Waals surface area contributed by atoms with Gasteiger partial charge in [-0.3, -0.25) is 4.79 Å². The third-order valence-corrected chi connectivity index (χ3v) is 4.38. The quantitative estimate of drug-likeness (QED) is 0.448. The number of hydrazone groups is 1. The molecule has 0 radical (unpaired) electrons. The summed E-state index contributed by atoms with van der Waals surface area (Å²) in [6.07, 6.45) is 6.11. The van der Waals surface area contributed by atoms with E-state index in [-0.39, 0.29) is 23.3 Å².